The minimum absolute atomic E-state index is 0.0584. The fourth-order valence-corrected chi connectivity index (χ4v) is 9.17. The van der Waals surface area contributed by atoms with Crippen LogP contribution in [0.5, 0.6) is 17.5 Å². The highest BCUT2D eigenvalue weighted by molar-refractivity contribution is 7.93. The number of sulfone groups is 1. The molecule has 300 valence electrons. The van der Waals surface area contributed by atoms with Crippen LogP contribution in [0, 0.1) is 23.6 Å². The molecule has 5 aromatic rings. The first-order valence-corrected chi connectivity index (χ1v) is 20.7. The number of nitrogens with one attached hydrogen (secondary N) is 2. The summed E-state index contributed by atoms with van der Waals surface area (Å²) in [4.78, 5) is 42.6. The van der Waals surface area contributed by atoms with E-state index >= 15 is 0 Å². The molecule has 0 saturated heterocycles. The summed E-state index contributed by atoms with van der Waals surface area (Å²) in [6, 6.07) is 7.36. The second kappa shape index (κ2) is 15.8. The first-order chi connectivity index (χ1) is 27.0. The van der Waals surface area contributed by atoms with Crippen LogP contribution in [-0.2, 0) is 37.6 Å². The number of benzene rings is 1. The summed E-state index contributed by atoms with van der Waals surface area (Å²) in [6.45, 7) is 6.40. The van der Waals surface area contributed by atoms with Crippen LogP contribution in [0.15, 0.2) is 57.6 Å². The smallest absolute Gasteiger partial charge is 0.335 e. The van der Waals surface area contributed by atoms with Gasteiger partial charge in [0.1, 0.15) is 22.9 Å². The van der Waals surface area contributed by atoms with E-state index < -0.39 is 41.8 Å². The number of urea groups is 1. The van der Waals surface area contributed by atoms with E-state index in [1.165, 1.54) is 74.1 Å². The molecule has 2 N–H and O–H groups in total. The molecule has 0 atom stereocenters. The van der Waals surface area contributed by atoms with E-state index in [0.29, 0.717) is 16.2 Å². The molecule has 0 saturated carbocycles. The van der Waals surface area contributed by atoms with Crippen molar-refractivity contribution in [3.63, 3.8) is 0 Å². The number of carbonyl (C=O) groups excluding carboxylic acids is 2. The minimum Gasteiger partial charge on any atom is -0.481 e. The summed E-state index contributed by atoms with van der Waals surface area (Å²) in [5.41, 5.74) is 0.758. The number of ether oxygens (including phenoxy) is 3. The van der Waals surface area contributed by atoms with Crippen molar-refractivity contribution in [2.24, 2.45) is 10.4 Å². The number of methoxy groups -OCH3 is 2. The molecule has 2 aliphatic rings. The van der Waals surface area contributed by atoms with Crippen molar-refractivity contribution in [1.29, 1.82) is 0 Å². The molecule has 3 amide bonds. The predicted molar refractivity (Wildman–Crippen MR) is 203 cm³/mol. The van der Waals surface area contributed by atoms with Gasteiger partial charge in [0.25, 0.3) is 15.9 Å². The molecule has 23 heteroatoms. The molecular formula is C34H35FN10O9S3. The van der Waals surface area contributed by atoms with Crippen molar-refractivity contribution in [3.8, 4) is 29.9 Å². The van der Waals surface area contributed by atoms with Gasteiger partial charge in [-0.1, -0.05) is 32.8 Å². The molecule has 0 fully saturated rings. The van der Waals surface area contributed by atoms with Crippen LogP contribution in [-0.4, -0.2) is 90.2 Å². The van der Waals surface area contributed by atoms with Gasteiger partial charge in [-0.2, -0.15) is 22.8 Å². The molecule has 57 heavy (non-hydrogen) atoms. The lowest BCUT2D eigenvalue weighted by Gasteiger charge is -2.28. The number of imidazole rings is 1. The number of rotatable bonds is 9. The molecule has 6 heterocycles. The molecule has 7 rings (SSSR count). The molecule has 0 aliphatic carbocycles. The lowest BCUT2D eigenvalue weighted by Crippen LogP contribution is -2.39. The summed E-state index contributed by atoms with van der Waals surface area (Å²) in [6.07, 6.45) is 7.54. The maximum absolute atomic E-state index is 14.5. The highest BCUT2D eigenvalue weighted by atomic mass is 32.2. The number of aromatic nitrogens is 6. The normalized spacial score (nSPS) is 14.8. The molecule has 4 aromatic heterocycles. The van der Waals surface area contributed by atoms with Gasteiger partial charge in [0.15, 0.2) is 32.3 Å². The average molecular weight is 843 g/mol. The number of nitrogens with zero attached hydrogens (tertiary/aromatic N) is 8. The van der Waals surface area contributed by atoms with E-state index in [2.05, 4.69) is 49.4 Å². The zero-order valence-electron chi connectivity index (χ0n) is 31.0. The number of hydrogen-bond donors (Lipinski definition) is 2. The van der Waals surface area contributed by atoms with Crippen LogP contribution in [0.25, 0.3) is 5.65 Å². The van der Waals surface area contributed by atoms with Crippen LogP contribution in [0.4, 0.5) is 26.5 Å². The first kappa shape index (κ1) is 40.5. The number of terminal acetylenes is 1. The Morgan fingerprint density at radius 2 is 1.84 bits per heavy atom. The van der Waals surface area contributed by atoms with E-state index in [0.717, 1.165) is 23.2 Å². The van der Waals surface area contributed by atoms with Gasteiger partial charge in [-0.3, -0.25) is 19.4 Å². The van der Waals surface area contributed by atoms with E-state index in [9.17, 15) is 30.8 Å². The number of halogens is 1. The first-order valence-electron chi connectivity index (χ1n) is 16.8. The number of pyridine rings is 1. The van der Waals surface area contributed by atoms with Crippen LogP contribution in [0.2, 0.25) is 0 Å². The second-order valence-electron chi connectivity index (χ2n) is 13.1. The number of carbonyl (C=O) groups is 2. The lowest BCUT2D eigenvalue weighted by atomic mass is 9.92. The quantitative estimate of drug-likeness (QED) is 0.204. The molecule has 0 radical (unpaired) electrons. The number of anilines is 2. The molecular weight excluding hydrogens is 808 g/mol. The van der Waals surface area contributed by atoms with E-state index in [4.69, 9.17) is 20.6 Å². The van der Waals surface area contributed by atoms with E-state index in [1.54, 1.807) is 10.8 Å². The zero-order valence-corrected chi connectivity index (χ0v) is 33.5. The van der Waals surface area contributed by atoms with Crippen LogP contribution in [0.1, 0.15) is 26.6 Å². The summed E-state index contributed by atoms with van der Waals surface area (Å²) in [5, 5.41) is 0.783. The van der Waals surface area contributed by atoms with Crippen LogP contribution < -0.4 is 34.0 Å². The topological polar surface area (TPSA) is 231 Å². The van der Waals surface area contributed by atoms with Gasteiger partial charge >= 0.3 is 6.03 Å². The average Bonchev–Trinajstić information content (AvgIpc) is 3.84. The fraction of sp³-hybridized carbons (Fsp3) is 0.324. The standard InChI is InChI=1S/C18H17FN4O2S.C16H18N6O7S2/c1-4-5-22-13-7-12(11(19)6-14(13)25-9-16(22)24)20-17-23-10-18(2,3)8-15(23)21-26-17;1-4-30(24,25)13-14(22-8-6-5-7-10(22)17-13)31(26,27)21-16(23)20-15-18-11(28-2)9-12(19-15)29-3/h1,6-7H,5,8-10H2,2-3H3;5-9H,4H2,1-3H3,(H2,18,19,20,21,23)/b20-17-;. The third-order valence-corrected chi connectivity index (χ3v) is 12.3. The SMILES string of the molecule is C#CCN1C(=O)COc2cc(F)c(/N=c3\snc4n3CC(C)(C)C4)cc21.CCS(=O)(=O)c1nc2ccccn2c1S(=O)(=O)NC(=O)Nc1nc(OC)cc(OC)n1. The Kier molecular flexibility index (Phi) is 11.2. The highest BCUT2D eigenvalue weighted by Gasteiger charge is 2.34. The van der Waals surface area contributed by atoms with Crippen LogP contribution in [0.3, 0.4) is 0 Å². The van der Waals surface area contributed by atoms with Gasteiger partial charge in [0, 0.05) is 36.8 Å². The molecule has 0 unspecified atom stereocenters. The molecule has 1 aromatic carbocycles. The Bertz CT molecular complexity index is 2720. The Morgan fingerprint density at radius 3 is 2.51 bits per heavy atom. The van der Waals surface area contributed by atoms with Crippen molar-refractivity contribution < 1.29 is 45.0 Å². The van der Waals surface area contributed by atoms with Crippen molar-refractivity contribution in [3.05, 3.63) is 59.0 Å². The second-order valence-corrected chi connectivity index (χ2v) is 17.6. The fourth-order valence-electron chi connectivity index (χ4n) is 5.75. The number of sulfonamides is 1. The van der Waals surface area contributed by atoms with Gasteiger partial charge in [-0.15, -0.1) is 6.42 Å². The van der Waals surface area contributed by atoms with Gasteiger partial charge in [-0.05, 0) is 23.6 Å². The van der Waals surface area contributed by atoms with E-state index in [1.807, 2.05) is 4.57 Å². The third-order valence-electron chi connectivity index (χ3n) is 8.37. The third kappa shape index (κ3) is 8.52. The summed E-state index contributed by atoms with van der Waals surface area (Å²) >= 11 is 1.24. The maximum atomic E-state index is 14.5. The number of amides is 3. The van der Waals surface area contributed by atoms with Gasteiger partial charge in [0.2, 0.25) is 22.5 Å². The van der Waals surface area contributed by atoms with Gasteiger partial charge < -0.3 is 18.8 Å². The minimum atomic E-state index is -4.68. The Balaban J connectivity index is 0.000000195. The Labute approximate surface area is 329 Å². The summed E-state index contributed by atoms with van der Waals surface area (Å²) in [7, 11) is -6.04. The number of fused-ring (bicyclic) bond motifs is 3. The maximum Gasteiger partial charge on any atom is 0.335 e. The zero-order chi connectivity index (χ0) is 41.3. The Hall–Kier alpha value is -6.12. The summed E-state index contributed by atoms with van der Waals surface area (Å²) in [5.74, 6) is 2.35. The lowest BCUT2D eigenvalue weighted by molar-refractivity contribution is -0.121. The summed E-state index contributed by atoms with van der Waals surface area (Å²) < 4.78 is 89.8. The monoisotopic (exact) mass is 842 g/mol. The van der Waals surface area contributed by atoms with Crippen molar-refractivity contribution in [1.82, 2.24) is 33.0 Å². The predicted octanol–water partition coefficient (Wildman–Crippen LogP) is 2.70. The van der Waals surface area contributed by atoms with Crippen molar-refractivity contribution in [2.75, 3.05) is 43.3 Å². The highest BCUT2D eigenvalue weighted by Crippen LogP contribution is 2.37. The molecule has 0 spiro atoms. The largest absolute Gasteiger partial charge is 0.481 e. The van der Waals surface area contributed by atoms with Crippen molar-refractivity contribution in [2.45, 2.75) is 43.8 Å². The molecule has 2 aliphatic heterocycles. The Morgan fingerprint density at radius 1 is 1.12 bits per heavy atom. The van der Waals surface area contributed by atoms with E-state index in [-0.39, 0.29) is 59.3 Å². The van der Waals surface area contributed by atoms with Crippen molar-refractivity contribution >= 4 is 66.3 Å². The van der Waals surface area contributed by atoms with Crippen LogP contribution >= 0.6 is 11.5 Å². The van der Waals surface area contributed by atoms with Gasteiger partial charge in [0.05, 0.1) is 38.3 Å². The van der Waals surface area contributed by atoms with Gasteiger partial charge in [-0.25, -0.2) is 32.3 Å². The molecule has 0 bridgehead atoms. The molecule has 19 nitrogen and oxygen atoms in total. The number of hydrogen-bond acceptors (Lipinski definition) is 15.